The van der Waals surface area contributed by atoms with E-state index in [0.29, 0.717) is 30.0 Å². The summed E-state index contributed by atoms with van der Waals surface area (Å²) in [6.45, 7) is 4.41. The highest BCUT2D eigenvalue weighted by Crippen LogP contribution is 2.27. The van der Waals surface area contributed by atoms with Crippen LogP contribution in [-0.4, -0.2) is 32.2 Å². The Morgan fingerprint density at radius 3 is 2.42 bits per heavy atom. The van der Waals surface area contributed by atoms with Crippen LogP contribution in [0.5, 0.6) is 11.5 Å². The largest absolute Gasteiger partial charge is 0.493 e. The Morgan fingerprint density at radius 1 is 1.26 bits per heavy atom. The first-order valence-corrected chi connectivity index (χ1v) is 6.18. The van der Waals surface area contributed by atoms with E-state index in [1.165, 1.54) is 7.11 Å². The summed E-state index contributed by atoms with van der Waals surface area (Å²) in [7, 11) is 3.10. The molecule has 0 radical (unpaired) electrons. The third-order valence-corrected chi connectivity index (χ3v) is 2.87. The molecule has 106 valence electrons. The summed E-state index contributed by atoms with van der Waals surface area (Å²) in [6, 6.07) is 5.07. The minimum atomic E-state index is -0.334. The minimum Gasteiger partial charge on any atom is -0.493 e. The van der Waals surface area contributed by atoms with E-state index >= 15 is 0 Å². The average molecular weight is 266 g/mol. The molecule has 0 bridgehead atoms. The first-order chi connectivity index (χ1) is 8.93. The van der Waals surface area contributed by atoms with Crippen LogP contribution in [0.1, 0.15) is 30.6 Å². The standard InChI is InChI=1S/C14H22N2O3/c1-14(2,7-8-15)16-13(17)10-5-6-11(18-3)12(9-10)19-4/h5-6,9H,7-8,15H2,1-4H3,(H,16,17). The summed E-state index contributed by atoms with van der Waals surface area (Å²) < 4.78 is 10.3. The zero-order valence-corrected chi connectivity index (χ0v) is 11.9. The third-order valence-electron chi connectivity index (χ3n) is 2.87. The van der Waals surface area contributed by atoms with E-state index < -0.39 is 0 Å². The highest BCUT2D eigenvalue weighted by molar-refractivity contribution is 5.95. The van der Waals surface area contributed by atoms with Crippen molar-refractivity contribution < 1.29 is 14.3 Å². The van der Waals surface area contributed by atoms with Gasteiger partial charge in [0.1, 0.15) is 0 Å². The average Bonchev–Trinajstić information content (AvgIpc) is 2.37. The number of ether oxygens (including phenoxy) is 2. The van der Waals surface area contributed by atoms with E-state index in [4.69, 9.17) is 15.2 Å². The van der Waals surface area contributed by atoms with Crippen molar-refractivity contribution in [3.63, 3.8) is 0 Å². The van der Waals surface area contributed by atoms with Gasteiger partial charge < -0.3 is 20.5 Å². The first kappa shape index (κ1) is 15.3. The van der Waals surface area contributed by atoms with Crippen LogP contribution in [0.15, 0.2) is 18.2 Å². The lowest BCUT2D eigenvalue weighted by atomic mass is 10.00. The number of methoxy groups -OCH3 is 2. The van der Waals surface area contributed by atoms with Gasteiger partial charge >= 0.3 is 0 Å². The van der Waals surface area contributed by atoms with E-state index in [-0.39, 0.29) is 11.4 Å². The summed E-state index contributed by atoms with van der Waals surface area (Å²) >= 11 is 0. The normalized spacial score (nSPS) is 11.0. The lowest BCUT2D eigenvalue weighted by Gasteiger charge is -2.25. The molecule has 0 unspecified atom stereocenters. The second kappa shape index (κ2) is 6.43. The highest BCUT2D eigenvalue weighted by Gasteiger charge is 2.21. The number of hydrogen-bond acceptors (Lipinski definition) is 4. The number of carbonyl (C=O) groups is 1. The molecule has 5 nitrogen and oxygen atoms in total. The fourth-order valence-electron chi connectivity index (χ4n) is 1.78. The Labute approximate surface area is 114 Å². The molecule has 0 aliphatic rings. The molecule has 0 spiro atoms. The van der Waals surface area contributed by atoms with Gasteiger partial charge in [-0.25, -0.2) is 0 Å². The Morgan fingerprint density at radius 2 is 1.89 bits per heavy atom. The van der Waals surface area contributed by atoms with Crippen LogP contribution in [-0.2, 0) is 0 Å². The fourth-order valence-corrected chi connectivity index (χ4v) is 1.78. The van der Waals surface area contributed by atoms with Crippen LogP contribution in [0.4, 0.5) is 0 Å². The van der Waals surface area contributed by atoms with E-state index in [1.807, 2.05) is 13.8 Å². The van der Waals surface area contributed by atoms with Crippen LogP contribution in [0.2, 0.25) is 0 Å². The highest BCUT2D eigenvalue weighted by atomic mass is 16.5. The molecule has 1 aromatic rings. The van der Waals surface area contributed by atoms with Crippen LogP contribution in [0.25, 0.3) is 0 Å². The lowest BCUT2D eigenvalue weighted by Crippen LogP contribution is -2.44. The number of benzene rings is 1. The maximum atomic E-state index is 12.2. The summed E-state index contributed by atoms with van der Waals surface area (Å²) in [5.41, 5.74) is 5.72. The van der Waals surface area contributed by atoms with E-state index in [9.17, 15) is 4.79 Å². The molecule has 0 aromatic heterocycles. The number of nitrogens with one attached hydrogen (secondary N) is 1. The third kappa shape index (κ3) is 4.13. The number of rotatable bonds is 6. The molecule has 1 aromatic carbocycles. The Balaban J connectivity index is 2.88. The van der Waals surface area contributed by atoms with Gasteiger partial charge in [-0.3, -0.25) is 4.79 Å². The zero-order chi connectivity index (χ0) is 14.5. The van der Waals surface area contributed by atoms with Gasteiger partial charge in [0.25, 0.3) is 5.91 Å². The molecule has 0 saturated carbocycles. The minimum absolute atomic E-state index is 0.153. The van der Waals surface area contributed by atoms with Gasteiger partial charge in [-0.15, -0.1) is 0 Å². The van der Waals surface area contributed by atoms with E-state index in [1.54, 1.807) is 25.3 Å². The molecular weight excluding hydrogens is 244 g/mol. The maximum absolute atomic E-state index is 12.2. The molecule has 0 saturated heterocycles. The van der Waals surface area contributed by atoms with Crippen molar-refractivity contribution in [2.24, 2.45) is 5.73 Å². The SMILES string of the molecule is COc1ccc(C(=O)NC(C)(C)CCN)cc1OC. The van der Waals surface area contributed by atoms with Gasteiger partial charge in [-0.1, -0.05) is 0 Å². The predicted molar refractivity (Wildman–Crippen MR) is 74.8 cm³/mol. The van der Waals surface area contributed by atoms with Crippen molar-refractivity contribution in [2.45, 2.75) is 25.8 Å². The molecule has 3 N–H and O–H groups in total. The summed E-state index contributed by atoms with van der Waals surface area (Å²) in [5, 5.41) is 2.95. The molecule has 1 amide bonds. The van der Waals surface area contributed by atoms with Crippen molar-refractivity contribution in [1.82, 2.24) is 5.32 Å². The Hall–Kier alpha value is -1.75. The van der Waals surface area contributed by atoms with Gasteiger partial charge in [0.05, 0.1) is 14.2 Å². The Kier molecular flexibility index (Phi) is 5.18. The van der Waals surface area contributed by atoms with Gasteiger partial charge in [0.2, 0.25) is 0 Å². The van der Waals surface area contributed by atoms with E-state index in [2.05, 4.69) is 5.32 Å². The van der Waals surface area contributed by atoms with Crippen molar-refractivity contribution in [3.05, 3.63) is 23.8 Å². The van der Waals surface area contributed by atoms with Crippen molar-refractivity contribution >= 4 is 5.91 Å². The smallest absolute Gasteiger partial charge is 0.251 e. The van der Waals surface area contributed by atoms with Crippen LogP contribution in [0, 0.1) is 0 Å². The number of amides is 1. The van der Waals surface area contributed by atoms with Crippen molar-refractivity contribution in [1.29, 1.82) is 0 Å². The molecule has 19 heavy (non-hydrogen) atoms. The molecule has 0 atom stereocenters. The van der Waals surface area contributed by atoms with Gasteiger partial charge in [0.15, 0.2) is 11.5 Å². The lowest BCUT2D eigenvalue weighted by molar-refractivity contribution is 0.0910. The van der Waals surface area contributed by atoms with Crippen LogP contribution < -0.4 is 20.5 Å². The second-order valence-corrected chi connectivity index (χ2v) is 4.95. The van der Waals surface area contributed by atoms with E-state index in [0.717, 1.165) is 0 Å². The second-order valence-electron chi connectivity index (χ2n) is 4.95. The summed E-state index contributed by atoms with van der Waals surface area (Å²) in [6.07, 6.45) is 0.714. The zero-order valence-electron chi connectivity index (χ0n) is 11.9. The number of hydrogen-bond donors (Lipinski definition) is 2. The molecular formula is C14H22N2O3. The quantitative estimate of drug-likeness (QED) is 0.819. The maximum Gasteiger partial charge on any atom is 0.251 e. The van der Waals surface area contributed by atoms with Gasteiger partial charge in [-0.2, -0.15) is 0 Å². The monoisotopic (exact) mass is 266 g/mol. The summed E-state index contributed by atoms with van der Waals surface area (Å²) in [4.78, 5) is 12.2. The molecule has 5 heteroatoms. The summed E-state index contributed by atoms with van der Waals surface area (Å²) in [5.74, 6) is 0.978. The van der Waals surface area contributed by atoms with Gasteiger partial charge in [-0.05, 0) is 45.0 Å². The van der Waals surface area contributed by atoms with Crippen LogP contribution in [0.3, 0.4) is 0 Å². The number of nitrogens with two attached hydrogens (primary N) is 1. The molecule has 0 aliphatic heterocycles. The van der Waals surface area contributed by atoms with Crippen LogP contribution >= 0.6 is 0 Å². The fraction of sp³-hybridized carbons (Fsp3) is 0.500. The predicted octanol–water partition coefficient (Wildman–Crippen LogP) is 1.56. The topological polar surface area (TPSA) is 73.6 Å². The Bertz CT molecular complexity index is 444. The van der Waals surface area contributed by atoms with Crippen molar-refractivity contribution in [3.8, 4) is 11.5 Å². The molecule has 1 rings (SSSR count). The van der Waals surface area contributed by atoms with Crippen molar-refractivity contribution in [2.75, 3.05) is 20.8 Å². The molecule has 0 heterocycles. The first-order valence-electron chi connectivity index (χ1n) is 6.18. The number of carbonyl (C=O) groups excluding carboxylic acids is 1. The molecule has 0 aliphatic carbocycles. The van der Waals surface area contributed by atoms with Gasteiger partial charge in [0, 0.05) is 11.1 Å². The molecule has 0 fully saturated rings.